The van der Waals surface area contributed by atoms with Gasteiger partial charge in [0.15, 0.2) is 6.61 Å². The number of anilines is 2. The van der Waals surface area contributed by atoms with E-state index in [0.29, 0.717) is 5.69 Å². The average Bonchev–Trinajstić information content (AvgIpc) is 2.57. The van der Waals surface area contributed by atoms with Gasteiger partial charge in [0.2, 0.25) is 0 Å². The first-order valence-electron chi connectivity index (χ1n) is 7.10. The Hall–Kier alpha value is -2.02. The second-order valence-electron chi connectivity index (χ2n) is 5.30. The molecule has 1 amide bonds. The van der Waals surface area contributed by atoms with Gasteiger partial charge >= 0.3 is 11.7 Å². The van der Waals surface area contributed by atoms with Gasteiger partial charge in [-0.05, 0) is 42.6 Å². The predicted octanol–water partition coefficient (Wildman–Crippen LogP) is 3.46. The standard InChI is InChI=1S/C16H14Cl3N3O3/c1-7-3-4-8(2)9(5-7)21-10(23)6-25-16(24)14-11(17)13(20)12(18)15(19)22-14/h3-5H,6H2,1-2H3,(H2,20,22)(H,21,23)/p+1. The van der Waals surface area contributed by atoms with Gasteiger partial charge in [0.25, 0.3) is 11.1 Å². The lowest BCUT2D eigenvalue weighted by atomic mass is 10.1. The normalized spacial score (nSPS) is 10.4. The van der Waals surface area contributed by atoms with Crippen molar-refractivity contribution in [2.24, 2.45) is 0 Å². The fourth-order valence-electron chi connectivity index (χ4n) is 1.97. The molecule has 0 unspecified atom stereocenters. The Morgan fingerprint density at radius 3 is 2.56 bits per heavy atom. The Bertz CT molecular complexity index is 856. The highest BCUT2D eigenvalue weighted by atomic mass is 35.5. The lowest BCUT2D eigenvalue weighted by molar-refractivity contribution is -0.380. The van der Waals surface area contributed by atoms with Crippen LogP contribution in [0.5, 0.6) is 0 Å². The van der Waals surface area contributed by atoms with Crippen molar-refractivity contribution in [3.8, 4) is 0 Å². The van der Waals surface area contributed by atoms with Gasteiger partial charge in [-0.15, -0.1) is 0 Å². The molecule has 132 valence electrons. The van der Waals surface area contributed by atoms with Gasteiger partial charge in [0.1, 0.15) is 10.0 Å². The summed E-state index contributed by atoms with van der Waals surface area (Å²) in [6.07, 6.45) is 0. The number of hydrogen-bond acceptors (Lipinski definition) is 4. The summed E-state index contributed by atoms with van der Waals surface area (Å²) in [5, 5.41) is 2.48. The molecule has 0 aliphatic rings. The number of rotatable bonds is 4. The fraction of sp³-hybridized carbons (Fsp3) is 0.188. The number of pyridine rings is 1. The van der Waals surface area contributed by atoms with E-state index >= 15 is 0 Å². The Morgan fingerprint density at radius 1 is 1.20 bits per heavy atom. The number of halogens is 3. The zero-order valence-electron chi connectivity index (χ0n) is 13.4. The molecule has 0 saturated carbocycles. The number of nitrogens with two attached hydrogens (primary N) is 1. The SMILES string of the molecule is Cc1ccc(C)c(NC(=O)COC(=O)c2[nH+]c(Cl)c(Cl)c(N)c2Cl)c1. The van der Waals surface area contributed by atoms with Crippen LogP contribution >= 0.6 is 34.8 Å². The summed E-state index contributed by atoms with van der Waals surface area (Å²) in [6, 6.07) is 5.63. The summed E-state index contributed by atoms with van der Waals surface area (Å²) in [7, 11) is 0. The second kappa shape index (κ2) is 7.91. The molecule has 0 aliphatic heterocycles. The highest BCUT2D eigenvalue weighted by molar-refractivity contribution is 6.45. The second-order valence-corrected chi connectivity index (χ2v) is 6.43. The third kappa shape index (κ3) is 4.54. The van der Waals surface area contributed by atoms with Crippen LogP contribution in [0.3, 0.4) is 0 Å². The Balaban J connectivity index is 2.05. The number of hydrogen-bond donors (Lipinski definition) is 2. The van der Waals surface area contributed by atoms with Gasteiger partial charge in [-0.3, -0.25) is 4.79 Å². The minimum absolute atomic E-state index is 0.00381. The number of amides is 1. The van der Waals surface area contributed by atoms with Crippen molar-refractivity contribution in [1.82, 2.24) is 0 Å². The minimum atomic E-state index is -0.883. The van der Waals surface area contributed by atoms with Crippen LogP contribution < -0.4 is 16.0 Å². The van der Waals surface area contributed by atoms with Gasteiger partial charge in [0.05, 0.1) is 5.69 Å². The van der Waals surface area contributed by atoms with E-state index in [9.17, 15) is 9.59 Å². The fourth-order valence-corrected chi connectivity index (χ4v) is 2.57. The first-order valence-corrected chi connectivity index (χ1v) is 8.23. The molecule has 25 heavy (non-hydrogen) atoms. The first kappa shape index (κ1) is 19.3. The van der Waals surface area contributed by atoms with Gasteiger partial charge in [0, 0.05) is 5.69 Å². The quantitative estimate of drug-likeness (QED) is 0.603. The monoisotopic (exact) mass is 402 g/mol. The summed E-state index contributed by atoms with van der Waals surface area (Å²) >= 11 is 17.6. The molecule has 1 aromatic carbocycles. The molecule has 6 nitrogen and oxygen atoms in total. The number of esters is 1. The molecule has 9 heteroatoms. The molecule has 1 aromatic heterocycles. The number of carbonyl (C=O) groups excluding carboxylic acids is 2. The molecule has 0 radical (unpaired) electrons. The van der Waals surface area contributed by atoms with E-state index in [1.54, 1.807) is 0 Å². The molecule has 2 rings (SSSR count). The number of H-pyrrole nitrogens is 1. The van der Waals surface area contributed by atoms with E-state index in [4.69, 9.17) is 45.3 Å². The summed E-state index contributed by atoms with van der Waals surface area (Å²) < 4.78 is 4.94. The number of nitrogens with one attached hydrogen (secondary N) is 2. The van der Waals surface area contributed by atoms with E-state index in [1.807, 2.05) is 32.0 Å². The van der Waals surface area contributed by atoms with E-state index in [2.05, 4.69) is 10.3 Å². The number of carbonyl (C=O) groups is 2. The third-order valence-corrected chi connectivity index (χ3v) is 4.49. The summed E-state index contributed by atoms with van der Waals surface area (Å²) in [5.41, 5.74) is 7.93. The number of aromatic nitrogens is 1. The number of benzene rings is 1. The first-order chi connectivity index (χ1) is 11.7. The van der Waals surface area contributed by atoms with Crippen LogP contribution in [0.25, 0.3) is 0 Å². The minimum Gasteiger partial charge on any atom is -0.448 e. The summed E-state index contributed by atoms with van der Waals surface area (Å²) in [6.45, 7) is 3.26. The van der Waals surface area contributed by atoms with Crippen LogP contribution in [-0.2, 0) is 9.53 Å². The molecule has 2 aromatic rings. The maximum absolute atomic E-state index is 12.1. The Labute approximate surface area is 159 Å². The van der Waals surface area contributed by atoms with Crippen LogP contribution in [0, 0.1) is 13.8 Å². The number of aromatic amines is 1. The van der Waals surface area contributed by atoms with Crippen molar-refractivity contribution in [2.45, 2.75) is 13.8 Å². The third-order valence-electron chi connectivity index (χ3n) is 3.33. The molecular formula is C16H15Cl3N3O3+. The lowest BCUT2D eigenvalue weighted by Crippen LogP contribution is -2.26. The van der Waals surface area contributed by atoms with Crippen LogP contribution in [0.4, 0.5) is 11.4 Å². The molecule has 0 atom stereocenters. The summed E-state index contributed by atoms with van der Waals surface area (Å²) in [4.78, 5) is 26.6. The van der Waals surface area contributed by atoms with Crippen LogP contribution in [0.1, 0.15) is 21.6 Å². The largest absolute Gasteiger partial charge is 0.448 e. The van der Waals surface area contributed by atoms with Gasteiger partial charge in [-0.2, -0.15) is 4.98 Å². The molecule has 0 bridgehead atoms. The van der Waals surface area contributed by atoms with Crippen LogP contribution in [0.15, 0.2) is 18.2 Å². The molecule has 0 spiro atoms. The molecule has 0 fully saturated rings. The molecule has 0 aliphatic carbocycles. The molecular weight excluding hydrogens is 389 g/mol. The van der Waals surface area contributed by atoms with E-state index in [1.165, 1.54) is 0 Å². The van der Waals surface area contributed by atoms with Crippen molar-refractivity contribution in [2.75, 3.05) is 17.7 Å². The number of nitrogen functional groups attached to an aromatic ring is 1. The van der Waals surface area contributed by atoms with E-state index in [-0.39, 0.29) is 26.6 Å². The van der Waals surface area contributed by atoms with Gasteiger partial charge < -0.3 is 15.8 Å². The topological polar surface area (TPSA) is 95.6 Å². The Morgan fingerprint density at radius 2 is 1.88 bits per heavy atom. The summed E-state index contributed by atoms with van der Waals surface area (Å²) in [5.74, 6) is -1.38. The van der Waals surface area contributed by atoms with Crippen molar-refractivity contribution in [1.29, 1.82) is 0 Å². The zero-order valence-corrected chi connectivity index (χ0v) is 15.6. The average molecular weight is 404 g/mol. The highest BCUT2D eigenvalue weighted by Crippen LogP contribution is 2.32. The molecule has 0 saturated heterocycles. The maximum Gasteiger partial charge on any atom is 0.405 e. The van der Waals surface area contributed by atoms with Gasteiger partial charge in [-0.25, -0.2) is 4.79 Å². The Kier molecular flexibility index (Phi) is 6.11. The smallest absolute Gasteiger partial charge is 0.405 e. The zero-order chi connectivity index (χ0) is 18.7. The van der Waals surface area contributed by atoms with E-state index < -0.39 is 18.5 Å². The number of aryl methyl sites for hydroxylation is 2. The molecule has 1 heterocycles. The predicted molar refractivity (Wildman–Crippen MR) is 97.3 cm³/mol. The lowest BCUT2D eigenvalue weighted by Gasteiger charge is -2.09. The molecule has 4 N–H and O–H groups in total. The van der Waals surface area contributed by atoms with Crippen LogP contribution in [0.2, 0.25) is 15.2 Å². The number of ether oxygens (including phenoxy) is 1. The van der Waals surface area contributed by atoms with Gasteiger partial charge in [-0.1, -0.05) is 35.3 Å². The van der Waals surface area contributed by atoms with Crippen molar-refractivity contribution in [3.63, 3.8) is 0 Å². The van der Waals surface area contributed by atoms with Crippen molar-refractivity contribution in [3.05, 3.63) is 50.2 Å². The highest BCUT2D eigenvalue weighted by Gasteiger charge is 2.27. The van der Waals surface area contributed by atoms with Crippen molar-refractivity contribution < 1.29 is 19.3 Å². The van der Waals surface area contributed by atoms with Crippen LogP contribution in [-0.4, -0.2) is 18.5 Å². The maximum atomic E-state index is 12.1. The van der Waals surface area contributed by atoms with E-state index in [0.717, 1.165) is 11.1 Å². The van der Waals surface area contributed by atoms with Crippen molar-refractivity contribution >= 4 is 58.1 Å².